The Hall–Kier alpha value is -1.43. The van der Waals surface area contributed by atoms with Gasteiger partial charge in [0.1, 0.15) is 6.67 Å². The highest BCUT2D eigenvalue weighted by atomic mass is 35.5. The fourth-order valence-corrected chi connectivity index (χ4v) is 2.76. The summed E-state index contributed by atoms with van der Waals surface area (Å²) < 4.78 is 39.8. The van der Waals surface area contributed by atoms with E-state index in [-0.39, 0.29) is 0 Å². The molecule has 0 unspecified atom stereocenters. The molecule has 1 aliphatic heterocycles. The minimum absolute atomic E-state index is 0.292. The summed E-state index contributed by atoms with van der Waals surface area (Å²) in [5.74, 6) is -2.61. The highest BCUT2D eigenvalue weighted by Crippen LogP contribution is 2.39. The molecule has 1 N–H and O–H groups in total. The van der Waals surface area contributed by atoms with Gasteiger partial charge in [0.05, 0.1) is 28.5 Å². The van der Waals surface area contributed by atoms with Crippen LogP contribution in [0, 0.1) is 0 Å². The number of nitrogens with one attached hydrogen (secondary N) is 1. The smallest absolute Gasteiger partial charge is 0.267 e. The van der Waals surface area contributed by atoms with Crippen LogP contribution in [0.15, 0.2) is 18.2 Å². The van der Waals surface area contributed by atoms with Crippen LogP contribution in [-0.4, -0.2) is 35.4 Å². The number of aromatic nitrogens is 2. The van der Waals surface area contributed by atoms with E-state index in [4.69, 9.17) is 11.6 Å². The number of hydrogen-bond acceptors (Lipinski definition) is 2. The van der Waals surface area contributed by atoms with E-state index in [9.17, 15) is 13.2 Å². The molecule has 19 heavy (non-hydrogen) atoms. The Morgan fingerprint density at radius 2 is 2.26 bits per heavy atom. The van der Waals surface area contributed by atoms with Crippen LogP contribution in [0.2, 0.25) is 5.02 Å². The van der Waals surface area contributed by atoms with E-state index in [1.54, 1.807) is 18.2 Å². The van der Waals surface area contributed by atoms with Gasteiger partial charge in [-0.25, -0.2) is 13.2 Å². The van der Waals surface area contributed by atoms with Crippen molar-refractivity contribution in [2.24, 2.45) is 0 Å². The Bertz CT molecular complexity index is 613. The monoisotopic (exact) mass is 289 g/mol. The van der Waals surface area contributed by atoms with Gasteiger partial charge in [-0.05, 0) is 12.1 Å². The molecule has 1 aromatic heterocycles. The third-order valence-electron chi connectivity index (χ3n) is 3.35. The van der Waals surface area contributed by atoms with Gasteiger partial charge in [-0.1, -0.05) is 17.7 Å². The highest BCUT2D eigenvalue weighted by Gasteiger charge is 2.46. The molecule has 0 spiro atoms. The van der Waals surface area contributed by atoms with Crippen LogP contribution in [0.1, 0.15) is 6.42 Å². The molecule has 2 heterocycles. The summed E-state index contributed by atoms with van der Waals surface area (Å²) in [6.07, 6.45) is -0.498. The van der Waals surface area contributed by atoms with Gasteiger partial charge >= 0.3 is 0 Å². The summed E-state index contributed by atoms with van der Waals surface area (Å²) in [5.41, 5.74) is 0.648. The van der Waals surface area contributed by atoms with Crippen molar-refractivity contribution in [3.63, 3.8) is 0 Å². The summed E-state index contributed by atoms with van der Waals surface area (Å²) >= 11 is 6.08. The molecule has 2 aromatic rings. The van der Waals surface area contributed by atoms with Crippen molar-refractivity contribution in [3.8, 4) is 0 Å². The van der Waals surface area contributed by atoms with E-state index in [0.717, 1.165) is 0 Å². The number of rotatable bonds is 2. The average Bonchev–Trinajstić information content (AvgIpc) is 2.90. The molecule has 3 nitrogen and oxygen atoms in total. The average molecular weight is 290 g/mol. The molecule has 1 aliphatic rings. The van der Waals surface area contributed by atoms with Crippen LogP contribution in [-0.2, 0) is 0 Å². The van der Waals surface area contributed by atoms with Crippen LogP contribution in [0.3, 0.4) is 0 Å². The minimum Gasteiger partial charge on any atom is -0.343 e. The molecule has 3 rings (SSSR count). The lowest BCUT2D eigenvalue weighted by atomic mass is 10.2. The topological polar surface area (TPSA) is 31.9 Å². The highest BCUT2D eigenvalue weighted by molar-refractivity contribution is 6.36. The second-order valence-corrected chi connectivity index (χ2v) is 5.11. The maximum atomic E-state index is 13.4. The second-order valence-electron chi connectivity index (χ2n) is 4.71. The number of benzene rings is 1. The van der Waals surface area contributed by atoms with Crippen molar-refractivity contribution in [1.29, 1.82) is 0 Å². The molecule has 0 bridgehead atoms. The fraction of sp³-hybridized carbons (Fsp3) is 0.417. The minimum atomic E-state index is -2.90. The molecule has 7 heteroatoms. The Morgan fingerprint density at radius 3 is 3.00 bits per heavy atom. The van der Waals surface area contributed by atoms with Gasteiger partial charge in [0.15, 0.2) is 5.82 Å². The largest absolute Gasteiger partial charge is 0.343 e. The fourth-order valence-electron chi connectivity index (χ4n) is 2.50. The molecular weight excluding hydrogens is 279 g/mol. The van der Waals surface area contributed by atoms with E-state index >= 15 is 0 Å². The van der Waals surface area contributed by atoms with Crippen molar-refractivity contribution >= 4 is 28.3 Å². The lowest BCUT2D eigenvalue weighted by molar-refractivity contribution is 0.0215. The summed E-state index contributed by atoms with van der Waals surface area (Å²) in [6, 6.07) is 4.27. The van der Waals surface area contributed by atoms with Crippen molar-refractivity contribution in [1.82, 2.24) is 10.2 Å². The third kappa shape index (κ3) is 2.04. The number of anilines is 1. The van der Waals surface area contributed by atoms with Crippen molar-refractivity contribution in [2.45, 2.75) is 18.4 Å². The predicted molar refractivity (Wildman–Crippen MR) is 67.8 cm³/mol. The molecule has 1 atom stereocenters. The van der Waals surface area contributed by atoms with Gasteiger partial charge in [0.25, 0.3) is 5.92 Å². The van der Waals surface area contributed by atoms with Gasteiger partial charge in [0, 0.05) is 6.42 Å². The van der Waals surface area contributed by atoms with Gasteiger partial charge < -0.3 is 4.90 Å². The third-order valence-corrected chi connectivity index (χ3v) is 3.66. The van der Waals surface area contributed by atoms with Crippen LogP contribution < -0.4 is 4.90 Å². The quantitative estimate of drug-likeness (QED) is 0.919. The van der Waals surface area contributed by atoms with Crippen LogP contribution in [0.5, 0.6) is 0 Å². The standard InChI is InChI=1S/C12H11ClF3N3/c13-8-2-1-3-9-10(8)11(18-17-9)19-6-12(15,16)4-7(19)5-14/h1-3,7H,4-6H2,(H,17,18)/t7-/m1/s1. The summed E-state index contributed by atoms with van der Waals surface area (Å²) in [6.45, 7) is -1.37. The number of hydrogen-bond donors (Lipinski definition) is 1. The Kier molecular flexibility index (Phi) is 2.85. The van der Waals surface area contributed by atoms with Crippen LogP contribution in [0.4, 0.5) is 19.0 Å². The summed E-state index contributed by atoms with van der Waals surface area (Å²) in [4.78, 5) is 1.30. The molecular formula is C12H11ClF3N3. The van der Waals surface area contributed by atoms with Crippen molar-refractivity contribution in [3.05, 3.63) is 23.2 Å². The first-order valence-corrected chi connectivity index (χ1v) is 6.23. The van der Waals surface area contributed by atoms with E-state index in [1.807, 2.05) is 0 Å². The lowest BCUT2D eigenvalue weighted by Crippen LogP contribution is -2.32. The molecule has 102 valence electrons. The first-order chi connectivity index (χ1) is 9.02. The van der Waals surface area contributed by atoms with Gasteiger partial charge in [-0.15, -0.1) is 0 Å². The maximum Gasteiger partial charge on any atom is 0.267 e. The zero-order valence-electron chi connectivity index (χ0n) is 9.84. The maximum absolute atomic E-state index is 13.4. The molecule has 0 aliphatic carbocycles. The molecule has 0 amide bonds. The van der Waals surface area contributed by atoms with Gasteiger partial charge in [-0.2, -0.15) is 5.10 Å². The lowest BCUT2D eigenvalue weighted by Gasteiger charge is -2.21. The SMILES string of the molecule is FC[C@H]1CC(F)(F)CN1c1n[nH]c2cccc(Cl)c12. The number of nitrogens with zero attached hydrogens (tertiary/aromatic N) is 2. The second kappa shape index (κ2) is 4.30. The number of H-pyrrole nitrogens is 1. The number of aromatic amines is 1. The van der Waals surface area contributed by atoms with Crippen molar-refractivity contribution in [2.75, 3.05) is 18.1 Å². The first-order valence-electron chi connectivity index (χ1n) is 5.85. The Balaban J connectivity index is 2.09. The number of alkyl halides is 3. The number of fused-ring (bicyclic) bond motifs is 1. The molecule has 0 saturated carbocycles. The van der Waals surface area contributed by atoms with E-state index in [2.05, 4.69) is 10.2 Å². The van der Waals surface area contributed by atoms with Gasteiger partial charge in [0.2, 0.25) is 0 Å². The molecule has 1 fully saturated rings. The van der Waals surface area contributed by atoms with Crippen LogP contribution >= 0.6 is 11.6 Å². The Labute approximate surface area is 112 Å². The molecule has 0 radical (unpaired) electrons. The Morgan fingerprint density at radius 1 is 1.47 bits per heavy atom. The zero-order valence-corrected chi connectivity index (χ0v) is 10.6. The van der Waals surface area contributed by atoms with E-state index in [1.165, 1.54) is 4.90 Å². The predicted octanol–water partition coefficient (Wildman–Crippen LogP) is 3.40. The summed E-state index contributed by atoms with van der Waals surface area (Å²) in [7, 11) is 0. The zero-order chi connectivity index (χ0) is 13.6. The van der Waals surface area contributed by atoms with Gasteiger partial charge in [-0.3, -0.25) is 5.10 Å². The summed E-state index contributed by atoms with van der Waals surface area (Å²) in [5, 5.41) is 7.72. The molecule has 1 saturated heterocycles. The van der Waals surface area contributed by atoms with Crippen LogP contribution in [0.25, 0.3) is 10.9 Å². The normalized spacial score (nSPS) is 22.3. The molecule has 1 aromatic carbocycles. The van der Waals surface area contributed by atoms with E-state index < -0.39 is 31.6 Å². The first kappa shape index (κ1) is 12.6. The number of halogens is 4. The van der Waals surface area contributed by atoms with Crippen molar-refractivity contribution < 1.29 is 13.2 Å². The van der Waals surface area contributed by atoms with E-state index in [0.29, 0.717) is 21.7 Å².